The number of allylic oxidation sites excluding steroid dienone is 1. The molecule has 3 rings (SSSR count). The number of carbonyl (C=O) groups is 2. The number of piperidine rings is 1. The van der Waals surface area contributed by atoms with E-state index in [-0.39, 0.29) is 19.6 Å². The van der Waals surface area contributed by atoms with Crippen molar-refractivity contribution in [2.24, 2.45) is 16.7 Å². The number of thioether (sulfide) groups is 1. The highest BCUT2D eigenvalue weighted by Crippen LogP contribution is 2.60. The second kappa shape index (κ2) is 11.6. The predicted octanol–water partition coefficient (Wildman–Crippen LogP) is 1.01. The average molecular weight is 547 g/mol. The molecule has 2 bridgehead atoms. The first-order valence-corrected chi connectivity index (χ1v) is 15.1. The molecule has 0 aromatic rings. The minimum Gasteiger partial charge on any atom is -0.378 e. The van der Waals surface area contributed by atoms with E-state index >= 15 is 0 Å². The SMILES string of the molecule is CSCC(O)NCCOCCOC(O)C1=CCC(S(=O)(=O)N2C(=O)C3CCC(C)(C2=O)C3(C)C)C=C1. The smallest absolute Gasteiger partial charge is 0.250 e. The molecule has 12 heteroatoms. The molecular formula is C24H38N2O8S2. The van der Waals surface area contributed by atoms with Gasteiger partial charge in [0, 0.05) is 23.8 Å². The fourth-order valence-electron chi connectivity index (χ4n) is 5.11. The molecule has 5 unspecified atom stereocenters. The fraction of sp³-hybridized carbons (Fsp3) is 0.750. The van der Waals surface area contributed by atoms with Crippen LogP contribution >= 0.6 is 11.8 Å². The normalized spacial score (nSPS) is 29.4. The Hall–Kier alpha value is -1.28. The Morgan fingerprint density at radius 1 is 1.22 bits per heavy atom. The Morgan fingerprint density at radius 2 is 1.94 bits per heavy atom. The minimum absolute atomic E-state index is 0.0109. The maximum Gasteiger partial charge on any atom is 0.250 e. The van der Waals surface area contributed by atoms with Crippen LogP contribution in [-0.2, 0) is 29.1 Å². The Kier molecular flexibility index (Phi) is 9.46. The Balaban J connectivity index is 1.49. The first-order chi connectivity index (χ1) is 16.9. The lowest BCUT2D eigenvalue weighted by atomic mass is 9.63. The van der Waals surface area contributed by atoms with E-state index in [1.807, 2.05) is 20.1 Å². The lowest BCUT2D eigenvalue weighted by molar-refractivity contribution is -0.160. The van der Waals surface area contributed by atoms with Crippen molar-refractivity contribution in [3.8, 4) is 0 Å². The summed E-state index contributed by atoms with van der Waals surface area (Å²) in [5, 5.41) is 21.7. The van der Waals surface area contributed by atoms with Gasteiger partial charge in [0.15, 0.2) is 6.29 Å². The van der Waals surface area contributed by atoms with Crippen LogP contribution in [-0.4, -0.2) is 90.9 Å². The topological polar surface area (TPSA) is 142 Å². The van der Waals surface area contributed by atoms with Crippen molar-refractivity contribution in [3.05, 3.63) is 23.8 Å². The van der Waals surface area contributed by atoms with E-state index in [2.05, 4.69) is 5.32 Å². The van der Waals surface area contributed by atoms with E-state index in [9.17, 15) is 28.2 Å². The number of carbonyl (C=O) groups excluding carboxylic acids is 2. The number of nitrogens with zero attached hydrogens (tertiary/aromatic N) is 1. The number of sulfonamides is 1. The Labute approximate surface area is 217 Å². The van der Waals surface area contributed by atoms with Crippen LogP contribution in [0.5, 0.6) is 0 Å². The molecule has 2 amide bonds. The molecule has 0 spiro atoms. The van der Waals surface area contributed by atoms with Crippen molar-refractivity contribution >= 4 is 33.6 Å². The van der Waals surface area contributed by atoms with Gasteiger partial charge in [-0.1, -0.05) is 39.0 Å². The van der Waals surface area contributed by atoms with E-state index < -0.39 is 56.4 Å². The quantitative estimate of drug-likeness (QED) is 0.174. The summed E-state index contributed by atoms with van der Waals surface area (Å²) in [6.07, 6.45) is 5.43. The second-order valence-electron chi connectivity index (χ2n) is 10.2. The number of amides is 2. The first-order valence-electron chi connectivity index (χ1n) is 12.2. The van der Waals surface area contributed by atoms with Gasteiger partial charge in [-0.2, -0.15) is 16.1 Å². The number of nitrogens with one attached hydrogen (secondary N) is 1. The van der Waals surface area contributed by atoms with Gasteiger partial charge in [-0.15, -0.1) is 0 Å². The van der Waals surface area contributed by atoms with E-state index in [0.29, 0.717) is 41.6 Å². The van der Waals surface area contributed by atoms with Crippen molar-refractivity contribution in [2.75, 3.05) is 38.4 Å². The van der Waals surface area contributed by atoms with Gasteiger partial charge >= 0.3 is 0 Å². The number of imide groups is 1. The zero-order valence-electron chi connectivity index (χ0n) is 21.3. The van der Waals surface area contributed by atoms with Crippen molar-refractivity contribution < 1.29 is 37.7 Å². The molecule has 1 heterocycles. The van der Waals surface area contributed by atoms with Gasteiger partial charge in [0.05, 0.1) is 25.2 Å². The third kappa shape index (κ3) is 5.59. The summed E-state index contributed by atoms with van der Waals surface area (Å²) in [6.45, 7) is 6.68. The molecule has 36 heavy (non-hydrogen) atoms. The van der Waals surface area contributed by atoms with E-state index in [4.69, 9.17) is 9.47 Å². The van der Waals surface area contributed by atoms with Crippen LogP contribution in [0.15, 0.2) is 23.8 Å². The highest BCUT2D eigenvalue weighted by molar-refractivity contribution is 7.98. The van der Waals surface area contributed by atoms with Gasteiger partial charge in [0.2, 0.25) is 11.8 Å². The number of aliphatic hydroxyl groups excluding tert-OH is 2. The standard InChI is InChI=1S/C24H38N2O8S2/c1-23(2)18-9-10-24(23,3)22(30)26(20(18)28)36(31,32)17-7-5-16(6-8-17)21(29)34-14-13-33-12-11-25-19(27)15-35-4/h5-7,17-19,21,25,27,29H,8-15H2,1-4H3. The summed E-state index contributed by atoms with van der Waals surface area (Å²) in [5.41, 5.74) is -1.11. The summed E-state index contributed by atoms with van der Waals surface area (Å²) >= 11 is 1.53. The van der Waals surface area contributed by atoms with Gasteiger partial charge in [0.1, 0.15) is 11.5 Å². The number of aliphatic hydroxyl groups is 2. The largest absolute Gasteiger partial charge is 0.378 e. The molecule has 3 N–H and O–H groups in total. The van der Waals surface area contributed by atoms with Crippen molar-refractivity contribution in [2.45, 2.75) is 57.8 Å². The van der Waals surface area contributed by atoms with Crippen LogP contribution in [0.3, 0.4) is 0 Å². The van der Waals surface area contributed by atoms with Crippen molar-refractivity contribution in [1.29, 1.82) is 0 Å². The van der Waals surface area contributed by atoms with E-state index in [1.165, 1.54) is 23.9 Å². The third-order valence-electron chi connectivity index (χ3n) is 7.85. The molecular weight excluding hydrogens is 508 g/mol. The van der Waals surface area contributed by atoms with Crippen LogP contribution in [0.2, 0.25) is 0 Å². The average Bonchev–Trinajstić information content (AvgIpc) is 3.00. The van der Waals surface area contributed by atoms with Gasteiger partial charge in [0.25, 0.3) is 10.0 Å². The molecule has 0 aromatic carbocycles. The Morgan fingerprint density at radius 3 is 2.58 bits per heavy atom. The van der Waals surface area contributed by atoms with Crippen molar-refractivity contribution in [1.82, 2.24) is 9.62 Å². The molecule has 204 valence electrons. The molecule has 1 aliphatic heterocycles. The lowest BCUT2D eigenvalue weighted by Gasteiger charge is -2.47. The molecule has 0 radical (unpaired) electrons. The van der Waals surface area contributed by atoms with Gasteiger partial charge in [-0.05, 0) is 30.9 Å². The number of hydrogen-bond donors (Lipinski definition) is 3. The molecule has 10 nitrogen and oxygen atoms in total. The maximum absolute atomic E-state index is 13.4. The zero-order valence-corrected chi connectivity index (χ0v) is 22.9. The van der Waals surface area contributed by atoms with Crippen LogP contribution < -0.4 is 5.32 Å². The highest BCUT2D eigenvalue weighted by Gasteiger charge is 2.66. The molecule has 0 aromatic heterocycles. The second-order valence-corrected chi connectivity index (χ2v) is 13.1. The molecule has 2 fully saturated rings. The summed E-state index contributed by atoms with van der Waals surface area (Å²) in [4.78, 5) is 26.4. The van der Waals surface area contributed by atoms with Crippen LogP contribution in [0, 0.1) is 16.7 Å². The summed E-state index contributed by atoms with van der Waals surface area (Å²) in [5.74, 6) is -1.21. The molecule has 1 saturated carbocycles. The highest BCUT2D eigenvalue weighted by atomic mass is 32.2. The summed E-state index contributed by atoms with van der Waals surface area (Å²) in [7, 11) is -4.25. The van der Waals surface area contributed by atoms with Crippen LogP contribution in [0.1, 0.15) is 40.0 Å². The summed E-state index contributed by atoms with van der Waals surface area (Å²) in [6, 6.07) is 0. The first kappa shape index (κ1) is 29.3. The molecule has 5 atom stereocenters. The number of fused-ring (bicyclic) bond motifs is 2. The minimum atomic E-state index is -4.25. The summed E-state index contributed by atoms with van der Waals surface area (Å²) < 4.78 is 38.0. The molecule has 1 saturated heterocycles. The number of hydrogen-bond acceptors (Lipinski definition) is 10. The zero-order chi connectivity index (χ0) is 26.7. The van der Waals surface area contributed by atoms with E-state index in [1.54, 1.807) is 13.0 Å². The van der Waals surface area contributed by atoms with Crippen LogP contribution in [0.25, 0.3) is 0 Å². The monoisotopic (exact) mass is 546 g/mol. The van der Waals surface area contributed by atoms with Gasteiger partial charge in [-0.25, -0.2) is 8.42 Å². The van der Waals surface area contributed by atoms with Gasteiger partial charge < -0.3 is 19.7 Å². The number of ether oxygens (including phenoxy) is 2. The Bertz CT molecular complexity index is 996. The number of rotatable bonds is 13. The third-order valence-corrected chi connectivity index (χ3v) is 10.5. The van der Waals surface area contributed by atoms with Crippen LogP contribution in [0.4, 0.5) is 0 Å². The van der Waals surface area contributed by atoms with E-state index in [0.717, 1.165) is 0 Å². The lowest BCUT2D eigenvalue weighted by Crippen LogP contribution is -2.61. The maximum atomic E-state index is 13.4. The van der Waals surface area contributed by atoms with Gasteiger partial charge in [-0.3, -0.25) is 14.9 Å². The predicted molar refractivity (Wildman–Crippen MR) is 136 cm³/mol. The molecule has 2 aliphatic carbocycles. The molecule has 3 aliphatic rings. The fourth-order valence-corrected chi connectivity index (χ4v) is 7.24. The van der Waals surface area contributed by atoms with Crippen molar-refractivity contribution in [3.63, 3.8) is 0 Å².